The van der Waals surface area contributed by atoms with Gasteiger partial charge in [0.1, 0.15) is 0 Å². The minimum absolute atomic E-state index is 0.173. The molecule has 0 aromatic carbocycles. The predicted molar refractivity (Wildman–Crippen MR) is 97.8 cm³/mol. The van der Waals surface area contributed by atoms with E-state index in [4.69, 9.17) is 10.5 Å². The van der Waals surface area contributed by atoms with Gasteiger partial charge < -0.3 is 20.3 Å². The Morgan fingerprint density at radius 3 is 2.46 bits per heavy atom. The van der Waals surface area contributed by atoms with Gasteiger partial charge >= 0.3 is 6.09 Å². The van der Waals surface area contributed by atoms with Crippen LogP contribution in [0.2, 0.25) is 0 Å². The van der Waals surface area contributed by atoms with Crippen LogP contribution in [0.1, 0.15) is 44.1 Å². The number of nitrogens with zero attached hydrogens (tertiary/aromatic N) is 3. The van der Waals surface area contributed by atoms with Crippen molar-refractivity contribution in [2.45, 2.75) is 51.0 Å². The zero-order chi connectivity index (χ0) is 18.4. The molecule has 26 heavy (non-hydrogen) atoms. The molecule has 2 fully saturated rings. The van der Waals surface area contributed by atoms with Gasteiger partial charge in [-0.15, -0.1) is 0 Å². The predicted octanol–water partition coefficient (Wildman–Crippen LogP) is 1.95. The number of nitrogens with two attached hydrogens (primary N) is 1. The SMILES string of the molecule is NC(=O)Oc1ccc(CCC(=O)N2CCC(N3CCCCC3)CC2)cn1. The van der Waals surface area contributed by atoms with Crippen LogP contribution in [0.15, 0.2) is 18.3 Å². The molecule has 2 amide bonds. The molecule has 2 N–H and O–H groups in total. The van der Waals surface area contributed by atoms with E-state index in [9.17, 15) is 9.59 Å². The van der Waals surface area contributed by atoms with E-state index in [1.54, 1.807) is 18.3 Å². The summed E-state index contributed by atoms with van der Waals surface area (Å²) in [6, 6.07) is 4.05. The number of pyridine rings is 1. The molecule has 2 aliphatic rings. The Morgan fingerprint density at radius 2 is 1.85 bits per heavy atom. The first-order chi connectivity index (χ1) is 12.6. The quantitative estimate of drug-likeness (QED) is 0.867. The summed E-state index contributed by atoms with van der Waals surface area (Å²) in [7, 11) is 0. The number of carbonyl (C=O) groups excluding carboxylic acids is 2. The van der Waals surface area contributed by atoms with Crippen molar-refractivity contribution in [3.05, 3.63) is 23.9 Å². The molecule has 1 aromatic heterocycles. The maximum absolute atomic E-state index is 12.5. The third kappa shape index (κ3) is 5.17. The van der Waals surface area contributed by atoms with Gasteiger partial charge in [0.2, 0.25) is 11.8 Å². The minimum Gasteiger partial charge on any atom is -0.391 e. The van der Waals surface area contributed by atoms with Crippen molar-refractivity contribution in [2.75, 3.05) is 26.2 Å². The van der Waals surface area contributed by atoms with Crippen LogP contribution in [0, 0.1) is 0 Å². The number of likely N-dealkylation sites (tertiary alicyclic amines) is 2. The summed E-state index contributed by atoms with van der Waals surface area (Å²) < 4.78 is 4.70. The highest BCUT2D eigenvalue weighted by atomic mass is 16.6. The Kier molecular flexibility index (Phi) is 6.44. The topological polar surface area (TPSA) is 88.8 Å². The van der Waals surface area contributed by atoms with Crippen LogP contribution in [0.5, 0.6) is 5.88 Å². The molecule has 3 heterocycles. The van der Waals surface area contributed by atoms with E-state index >= 15 is 0 Å². The molecule has 0 saturated carbocycles. The highest BCUT2D eigenvalue weighted by molar-refractivity contribution is 5.76. The Hall–Kier alpha value is -2.15. The zero-order valence-electron chi connectivity index (χ0n) is 15.2. The van der Waals surface area contributed by atoms with Crippen molar-refractivity contribution < 1.29 is 14.3 Å². The molecule has 7 nitrogen and oxygen atoms in total. The Morgan fingerprint density at radius 1 is 1.12 bits per heavy atom. The van der Waals surface area contributed by atoms with Crippen molar-refractivity contribution in [3.8, 4) is 5.88 Å². The second-order valence-electron chi connectivity index (χ2n) is 7.13. The number of hydrogen-bond donors (Lipinski definition) is 1. The summed E-state index contributed by atoms with van der Waals surface area (Å²) >= 11 is 0. The molecule has 1 aromatic rings. The molecule has 7 heteroatoms. The third-order valence-corrected chi connectivity index (χ3v) is 5.35. The standard InChI is InChI=1S/C19H28N4O3/c20-19(25)26-17-6-4-15(14-21-17)5-7-18(24)23-12-8-16(9-13-23)22-10-2-1-3-11-22/h4,6,14,16H,1-3,5,7-13H2,(H2,20,25). The number of primary amides is 1. The van der Waals surface area contributed by atoms with E-state index in [0.717, 1.165) is 31.5 Å². The van der Waals surface area contributed by atoms with Gasteiger partial charge in [0, 0.05) is 37.8 Å². The Bertz CT molecular complexity index is 606. The highest BCUT2D eigenvalue weighted by Gasteiger charge is 2.27. The van der Waals surface area contributed by atoms with E-state index in [0.29, 0.717) is 18.9 Å². The van der Waals surface area contributed by atoms with Gasteiger partial charge in [-0.05, 0) is 50.8 Å². The van der Waals surface area contributed by atoms with Gasteiger partial charge in [0.05, 0.1) is 0 Å². The van der Waals surface area contributed by atoms with E-state index in [2.05, 4.69) is 9.88 Å². The van der Waals surface area contributed by atoms with Crippen LogP contribution in [-0.4, -0.2) is 59.0 Å². The summed E-state index contributed by atoms with van der Waals surface area (Å²) in [5, 5.41) is 0. The molecule has 0 aliphatic carbocycles. The number of aromatic nitrogens is 1. The number of ether oxygens (including phenoxy) is 1. The number of carbonyl (C=O) groups is 2. The first-order valence-corrected chi connectivity index (χ1v) is 9.56. The lowest BCUT2D eigenvalue weighted by atomic mass is 9.99. The lowest BCUT2D eigenvalue weighted by Gasteiger charge is -2.40. The molecule has 0 radical (unpaired) electrons. The van der Waals surface area contributed by atoms with Gasteiger partial charge in [-0.1, -0.05) is 12.5 Å². The average molecular weight is 360 g/mol. The number of rotatable bonds is 5. The first-order valence-electron chi connectivity index (χ1n) is 9.56. The highest BCUT2D eigenvalue weighted by Crippen LogP contribution is 2.21. The van der Waals surface area contributed by atoms with E-state index < -0.39 is 6.09 Å². The third-order valence-electron chi connectivity index (χ3n) is 5.35. The van der Waals surface area contributed by atoms with Gasteiger partial charge in [0.15, 0.2) is 0 Å². The minimum atomic E-state index is -0.881. The molecule has 0 atom stereocenters. The van der Waals surface area contributed by atoms with Crippen LogP contribution in [-0.2, 0) is 11.2 Å². The number of aryl methyl sites for hydroxylation is 1. The fourth-order valence-electron chi connectivity index (χ4n) is 3.90. The average Bonchev–Trinajstić information content (AvgIpc) is 2.67. The summed E-state index contributed by atoms with van der Waals surface area (Å²) in [6.07, 6.45) is 8.02. The maximum Gasteiger partial charge on any atom is 0.411 e. The molecule has 0 spiro atoms. The summed E-state index contributed by atoms with van der Waals surface area (Å²) in [6.45, 7) is 4.18. The van der Waals surface area contributed by atoms with Crippen LogP contribution in [0.3, 0.4) is 0 Å². The van der Waals surface area contributed by atoms with E-state index in [1.165, 1.54) is 32.4 Å². The summed E-state index contributed by atoms with van der Waals surface area (Å²) in [5.41, 5.74) is 5.89. The number of amides is 2. The summed E-state index contributed by atoms with van der Waals surface area (Å²) in [4.78, 5) is 31.8. The van der Waals surface area contributed by atoms with Gasteiger partial charge in [-0.25, -0.2) is 9.78 Å². The van der Waals surface area contributed by atoms with E-state index in [1.807, 2.05) is 4.90 Å². The van der Waals surface area contributed by atoms with Crippen LogP contribution in [0.4, 0.5) is 4.79 Å². The lowest BCUT2D eigenvalue weighted by molar-refractivity contribution is -0.132. The Labute approximate surface area is 154 Å². The first kappa shape index (κ1) is 18.6. The fraction of sp³-hybridized carbons (Fsp3) is 0.632. The van der Waals surface area contributed by atoms with Gasteiger partial charge in [0.25, 0.3) is 0 Å². The van der Waals surface area contributed by atoms with Crippen molar-refractivity contribution in [2.24, 2.45) is 5.73 Å². The van der Waals surface area contributed by atoms with Crippen molar-refractivity contribution in [1.82, 2.24) is 14.8 Å². The lowest BCUT2D eigenvalue weighted by Crippen LogP contribution is -2.48. The summed E-state index contributed by atoms with van der Waals surface area (Å²) in [5.74, 6) is 0.381. The normalized spacial score (nSPS) is 19.3. The van der Waals surface area contributed by atoms with Crippen molar-refractivity contribution in [3.63, 3.8) is 0 Å². The molecular weight excluding hydrogens is 332 g/mol. The van der Waals surface area contributed by atoms with Crippen LogP contribution < -0.4 is 10.5 Å². The largest absolute Gasteiger partial charge is 0.411 e. The van der Waals surface area contributed by atoms with Crippen molar-refractivity contribution in [1.29, 1.82) is 0 Å². The fourth-order valence-corrected chi connectivity index (χ4v) is 3.90. The second-order valence-corrected chi connectivity index (χ2v) is 7.13. The molecule has 0 bridgehead atoms. The second kappa shape index (κ2) is 8.98. The smallest absolute Gasteiger partial charge is 0.391 e. The Balaban J connectivity index is 1.40. The molecule has 3 rings (SSSR count). The molecule has 0 unspecified atom stereocenters. The number of hydrogen-bond acceptors (Lipinski definition) is 5. The molecule has 2 saturated heterocycles. The zero-order valence-corrected chi connectivity index (χ0v) is 15.2. The van der Waals surface area contributed by atoms with Gasteiger partial charge in [-0.3, -0.25) is 4.79 Å². The van der Waals surface area contributed by atoms with Gasteiger partial charge in [-0.2, -0.15) is 0 Å². The van der Waals surface area contributed by atoms with Crippen LogP contribution >= 0.6 is 0 Å². The van der Waals surface area contributed by atoms with Crippen molar-refractivity contribution >= 4 is 12.0 Å². The van der Waals surface area contributed by atoms with Crippen LogP contribution in [0.25, 0.3) is 0 Å². The molecule has 2 aliphatic heterocycles. The molecular formula is C19H28N4O3. The van der Waals surface area contributed by atoms with E-state index in [-0.39, 0.29) is 11.8 Å². The maximum atomic E-state index is 12.5. The molecule has 142 valence electrons. The monoisotopic (exact) mass is 360 g/mol. The number of piperidine rings is 2.